The first kappa shape index (κ1) is 26.2. The molecule has 0 bridgehead atoms. The Hall–Kier alpha value is -2.88. The molecule has 0 radical (unpaired) electrons. The Kier molecular flexibility index (Phi) is 8.33. The van der Waals surface area contributed by atoms with Crippen molar-refractivity contribution in [3.8, 4) is 0 Å². The van der Waals surface area contributed by atoms with Crippen molar-refractivity contribution < 1.29 is 24.3 Å². The van der Waals surface area contributed by atoms with Gasteiger partial charge in [0.1, 0.15) is 23.7 Å². The minimum atomic E-state index is -1.19. The number of carboxylic acid groups (broad SMARTS) is 1. The second-order valence-corrected chi connectivity index (χ2v) is 10.9. The number of aliphatic carboxylic acids is 1. The van der Waals surface area contributed by atoms with E-state index in [9.17, 15) is 19.5 Å². The average Bonchev–Trinajstić information content (AvgIpc) is 3.28. The van der Waals surface area contributed by atoms with Crippen LogP contribution in [0.2, 0.25) is 0 Å². The second-order valence-electron chi connectivity index (χ2n) is 7.97. The normalized spacial score (nSPS) is 22.8. The van der Waals surface area contributed by atoms with E-state index >= 15 is 0 Å². The molecule has 4 rings (SSSR count). The van der Waals surface area contributed by atoms with Gasteiger partial charge >= 0.3 is 5.97 Å². The molecule has 1 unspecified atom stereocenters. The smallest absolute Gasteiger partial charge is 0.352 e. The molecule has 1 aromatic rings. The van der Waals surface area contributed by atoms with Crippen LogP contribution in [0.15, 0.2) is 38.9 Å². The van der Waals surface area contributed by atoms with Crippen LogP contribution in [0.5, 0.6) is 0 Å². The van der Waals surface area contributed by atoms with E-state index in [0.29, 0.717) is 11.3 Å². The Labute approximate surface area is 219 Å². The number of carbonyl (C=O) groups excluding carboxylic acids is 2. The van der Waals surface area contributed by atoms with Crippen LogP contribution < -0.4 is 11.1 Å². The maximum atomic E-state index is 13.0. The average molecular weight is 552 g/mol. The van der Waals surface area contributed by atoms with E-state index in [1.165, 1.54) is 21.6 Å². The number of β-lactam (4-membered cyclic amide) rings is 1. The monoisotopic (exact) mass is 551 g/mol. The summed E-state index contributed by atoms with van der Waals surface area (Å²) in [5, 5.41) is 17.7. The summed E-state index contributed by atoms with van der Waals surface area (Å²) < 4.78 is 3.99. The summed E-state index contributed by atoms with van der Waals surface area (Å²) in [6.07, 6.45) is 4.90. The van der Waals surface area contributed by atoms with Crippen LogP contribution in [0.4, 0.5) is 5.13 Å². The molecule has 15 heteroatoms. The summed E-state index contributed by atoms with van der Waals surface area (Å²) in [4.78, 5) is 51.6. The number of carboxylic acids is 1. The summed E-state index contributed by atoms with van der Waals surface area (Å²) >= 11 is 3.82. The summed E-state index contributed by atoms with van der Waals surface area (Å²) in [5.74, 6) is -2.06. The lowest BCUT2D eigenvalue weighted by molar-refractivity contribution is -0.150. The van der Waals surface area contributed by atoms with Crippen LogP contribution in [-0.2, 0) is 19.2 Å². The number of thioether (sulfide) groups is 2. The number of nitrogens with two attached hydrogens (primary N) is 1. The molecule has 0 saturated carbocycles. The number of amides is 2. The quantitative estimate of drug-likeness (QED) is 0.228. The summed E-state index contributed by atoms with van der Waals surface area (Å²) in [5.41, 5.74) is 5.87. The summed E-state index contributed by atoms with van der Waals surface area (Å²) in [6.45, 7) is 3.77. The van der Waals surface area contributed by atoms with Gasteiger partial charge in [0.25, 0.3) is 11.8 Å². The van der Waals surface area contributed by atoms with Crippen LogP contribution in [0.25, 0.3) is 0 Å². The Morgan fingerprint density at radius 2 is 2.28 bits per heavy atom. The van der Waals surface area contributed by atoms with Gasteiger partial charge in [-0.3, -0.25) is 14.5 Å². The van der Waals surface area contributed by atoms with Crippen LogP contribution >= 0.6 is 35.1 Å². The zero-order chi connectivity index (χ0) is 25.8. The number of nitrogen functional groups attached to an aromatic ring is 1. The molecule has 4 heterocycles. The molecule has 2 amide bonds. The van der Waals surface area contributed by atoms with Crippen LogP contribution in [0, 0.1) is 0 Å². The molecule has 2 atom stereocenters. The van der Waals surface area contributed by atoms with E-state index in [2.05, 4.69) is 37.9 Å². The molecule has 1 fully saturated rings. The minimum absolute atomic E-state index is 0.0151. The van der Waals surface area contributed by atoms with E-state index in [-0.39, 0.29) is 29.0 Å². The number of likely N-dealkylation sites (N-methyl/N-ethyl adjacent to an activating group) is 1. The van der Waals surface area contributed by atoms with Crippen molar-refractivity contribution in [1.82, 2.24) is 24.5 Å². The van der Waals surface area contributed by atoms with Crippen molar-refractivity contribution in [2.75, 3.05) is 38.2 Å². The zero-order valence-electron chi connectivity index (χ0n) is 19.5. The predicted molar refractivity (Wildman–Crippen MR) is 139 cm³/mol. The lowest BCUT2D eigenvalue weighted by Gasteiger charge is -2.49. The number of carbonyl (C=O) groups is 3. The van der Waals surface area contributed by atoms with Gasteiger partial charge in [-0.25, -0.2) is 4.79 Å². The molecule has 0 spiro atoms. The van der Waals surface area contributed by atoms with E-state index in [1.807, 2.05) is 5.41 Å². The number of rotatable bonds is 9. The molecular formula is C21H25N7O5S3. The highest BCUT2D eigenvalue weighted by atomic mass is 32.2. The van der Waals surface area contributed by atoms with Crippen LogP contribution in [0.3, 0.4) is 0 Å². The maximum absolute atomic E-state index is 13.0. The van der Waals surface area contributed by atoms with Crippen molar-refractivity contribution in [3.05, 3.63) is 39.6 Å². The maximum Gasteiger partial charge on any atom is 0.352 e. The van der Waals surface area contributed by atoms with Gasteiger partial charge in [-0.15, -0.1) is 23.5 Å². The fourth-order valence-corrected chi connectivity index (χ4v) is 6.44. The second kappa shape index (κ2) is 11.5. The molecule has 4 N–H and O–H groups in total. The highest BCUT2D eigenvalue weighted by Crippen LogP contribution is 2.41. The number of allylic oxidation sites excluding steroid dienone is 1. The van der Waals surface area contributed by atoms with E-state index in [1.54, 1.807) is 24.8 Å². The Morgan fingerprint density at radius 3 is 2.94 bits per heavy atom. The van der Waals surface area contributed by atoms with E-state index in [4.69, 9.17) is 10.6 Å². The molecule has 1 aromatic heterocycles. The van der Waals surface area contributed by atoms with Gasteiger partial charge in [-0.05, 0) is 42.4 Å². The molecule has 192 valence electrons. The number of anilines is 1. The fraction of sp³-hybridized carbons (Fsp3) is 0.429. The van der Waals surface area contributed by atoms with Gasteiger partial charge in [0.05, 0.1) is 0 Å². The first-order valence-electron chi connectivity index (χ1n) is 11.0. The number of oxime groups is 1. The first-order valence-corrected chi connectivity index (χ1v) is 13.7. The number of aromatic nitrogens is 2. The van der Waals surface area contributed by atoms with Crippen molar-refractivity contribution >= 4 is 63.7 Å². The first-order chi connectivity index (χ1) is 17.3. The molecule has 12 nitrogen and oxygen atoms in total. The minimum Gasteiger partial charge on any atom is -0.477 e. The molecule has 36 heavy (non-hydrogen) atoms. The third-order valence-corrected chi connectivity index (χ3v) is 8.15. The van der Waals surface area contributed by atoms with Crippen LogP contribution in [-0.4, -0.2) is 91.7 Å². The molecule has 3 aliphatic rings. The van der Waals surface area contributed by atoms with Crippen molar-refractivity contribution in [1.29, 1.82) is 0 Å². The van der Waals surface area contributed by atoms with Gasteiger partial charge in [0.15, 0.2) is 5.13 Å². The van der Waals surface area contributed by atoms with Crippen molar-refractivity contribution in [2.45, 2.75) is 24.8 Å². The Balaban J connectivity index is 1.47. The van der Waals surface area contributed by atoms with Gasteiger partial charge in [0.2, 0.25) is 11.5 Å². The number of nitrogens with one attached hydrogen (secondary N) is 1. The molecule has 3 aliphatic heterocycles. The molecule has 0 aliphatic carbocycles. The summed E-state index contributed by atoms with van der Waals surface area (Å²) in [7, 11) is 2.05. The zero-order valence-corrected chi connectivity index (χ0v) is 22.0. The third-order valence-electron chi connectivity index (χ3n) is 5.44. The SMILES string of the molecule is CCON=C(C(=O)NC1C(=O)N2C(C(=O)O)=C(C=CSC3=CCCN(C)C3)CS[C@H]12)c1nsc(N)n1. The number of hydrogen-bond acceptors (Lipinski definition) is 12. The number of nitrogens with zero attached hydrogens (tertiary/aromatic N) is 5. The highest BCUT2D eigenvalue weighted by Gasteiger charge is 2.54. The Bertz CT molecular complexity index is 1180. The van der Waals surface area contributed by atoms with Gasteiger partial charge in [0, 0.05) is 30.4 Å². The third kappa shape index (κ3) is 5.58. The van der Waals surface area contributed by atoms with Gasteiger partial charge < -0.3 is 25.9 Å². The molecule has 0 aromatic carbocycles. The van der Waals surface area contributed by atoms with Crippen LogP contribution in [0.1, 0.15) is 19.2 Å². The Morgan fingerprint density at radius 1 is 1.47 bits per heavy atom. The van der Waals surface area contributed by atoms with E-state index in [0.717, 1.165) is 31.0 Å². The predicted octanol–water partition coefficient (Wildman–Crippen LogP) is 1.07. The fourth-order valence-electron chi connectivity index (χ4n) is 3.77. The lowest BCUT2D eigenvalue weighted by atomic mass is 10.0. The van der Waals surface area contributed by atoms with Crippen molar-refractivity contribution in [2.24, 2.45) is 5.16 Å². The van der Waals surface area contributed by atoms with Gasteiger partial charge in [-0.2, -0.15) is 9.36 Å². The standard InChI is InChI=1S/C21H25N7O5S3/c1-3-33-25-13(16-24-21(22)36-26-16)17(29)23-14-18(30)28-15(20(31)32)11(10-35-19(14)28)6-8-34-12-5-4-7-27(2)9-12/h5-6,8,14,19H,3-4,7,9-10H2,1-2H3,(H,23,29)(H,31,32)(H2,22,24,26)/t14?,19-/m1/s1. The van der Waals surface area contributed by atoms with Crippen molar-refractivity contribution in [3.63, 3.8) is 0 Å². The summed E-state index contributed by atoms with van der Waals surface area (Å²) in [6, 6.07) is -0.928. The number of hydrogen-bond donors (Lipinski definition) is 3. The lowest BCUT2D eigenvalue weighted by Crippen LogP contribution is -2.71. The molecular weight excluding hydrogens is 526 g/mol. The van der Waals surface area contributed by atoms with E-state index < -0.39 is 29.2 Å². The highest BCUT2D eigenvalue weighted by molar-refractivity contribution is 8.05. The number of fused-ring (bicyclic) bond motifs is 1. The molecule has 1 saturated heterocycles. The largest absolute Gasteiger partial charge is 0.477 e. The van der Waals surface area contributed by atoms with Gasteiger partial charge in [-0.1, -0.05) is 11.2 Å². The topological polar surface area (TPSA) is 163 Å².